The number of nitrogens with one attached hydrogen (secondary N) is 1. The monoisotopic (exact) mass is 321 g/mol. The standard InChI is InChI=1S/C15H15NO5S/c17-14-7-12(21-9-15(14)18)8-16-22(19,20)13-5-4-10-2-1-3-11(10)6-13/h4-7,9,16,18H,1-3,8H2. The van der Waals surface area contributed by atoms with Crippen molar-refractivity contribution in [3.63, 3.8) is 0 Å². The van der Waals surface area contributed by atoms with E-state index in [1.54, 1.807) is 12.1 Å². The Hall–Kier alpha value is -2.12. The molecule has 6 nitrogen and oxygen atoms in total. The van der Waals surface area contributed by atoms with Crippen molar-refractivity contribution in [2.45, 2.75) is 30.7 Å². The molecule has 3 rings (SSSR count). The van der Waals surface area contributed by atoms with Crippen LogP contribution in [0.15, 0.2) is 44.6 Å². The number of hydrogen-bond donors (Lipinski definition) is 2. The van der Waals surface area contributed by atoms with Crippen LogP contribution in [0.25, 0.3) is 0 Å². The predicted octanol–water partition coefficient (Wildman–Crippen LogP) is 1.31. The number of benzene rings is 1. The Morgan fingerprint density at radius 3 is 2.73 bits per heavy atom. The first kappa shape index (κ1) is 14.8. The Morgan fingerprint density at radius 1 is 1.18 bits per heavy atom. The molecule has 0 bridgehead atoms. The van der Waals surface area contributed by atoms with Gasteiger partial charge in [-0.1, -0.05) is 6.07 Å². The van der Waals surface area contributed by atoms with Gasteiger partial charge in [0.2, 0.25) is 15.5 Å². The largest absolute Gasteiger partial charge is 0.502 e. The molecule has 0 saturated carbocycles. The van der Waals surface area contributed by atoms with Crippen molar-refractivity contribution in [1.82, 2.24) is 4.72 Å². The van der Waals surface area contributed by atoms with Crippen LogP contribution in [-0.4, -0.2) is 13.5 Å². The average Bonchev–Trinajstić information content (AvgIpc) is 2.96. The van der Waals surface area contributed by atoms with Crippen LogP contribution in [-0.2, 0) is 29.4 Å². The van der Waals surface area contributed by atoms with E-state index >= 15 is 0 Å². The van der Waals surface area contributed by atoms with Gasteiger partial charge in [0.25, 0.3) is 0 Å². The third kappa shape index (κ3) is 2.90. The fourth-order valence-corrected chi connectivity index (χ4v) is 3.54. The van der Waals surface area contributed by atoms with Crippen LogP contribution in [0.4, 0.5) is 0 Å². The van der Waals surface area contributed by atoms with E-state index in [9.17, 15) is 13.2 Å². The lowest BCUT2D eigenvalue weighted by Gasteiger charge is -2.08. The number of aryl methyl sites for hydroxylation is 2. The molecule has 1 aromatic heterocycles. The molecule has 1 aliphatic rings. The summed E-state index contributed by atoms with van der Waals surface area (Å²) in [5.41, 5.74) is 1.65. The van der Waals surface area contributed by atoms with Crippen LogP contribution >= 0.6 is 0 Å². The summed E-state index contributed by atoms with van der Waals surface area (Å²) >= 11 is 0. The van der Waals surface area contributed by atoms with Gasteiger partial charge in [-0.05, 0) is 42.5 Å². The van der Waals surface area contributed by atoms with Crippen LogP contribution < -0.4 is 10.2 Å². The van der Waals surface area contributed by atoms with E-state index in [1.807, 2.05) is 6.07 Å². The van der Waals surface area contributed by atoms with Crippen molar-refractivity contribution in [2.75, 3.05) is 0 Å². The van der Waals surface area contributed by atoms with Gasteiger partial charge in [-0.3, -0.25) is 4.79 Å². The van der Waals surface area contributed by atoms with Crippen molar-refractivity contribution < 1.29 is 17.9 Å². The van der Waals surface area contributed by atoms with Gasteiger partial charge in [-0.15, -0.1) is 0 Å². The summed E-state index contributed by atoms with van der Waals surface area (Å²) in [5.74, 6) is -0.377. The van der Waals surface area contributed by atoms with Gasteiger partial charge in [0, 0.05) is 6.07 Å². The van der Waals surface area contributed by atoms with E-state index in [2.05, 4.69) is 4.72 Å². The molecule has 0 amide bonds. The molecule has 2 N–H and O–H groups in total. The lowest BCUT2D eigenvalue weighted by molar-refractivity contribution is 0.411. The summed E-state index contributed by atoms with van der Waals surface area (Å²) in [7, 11) is -3.68. The maximum absolute atomic E-state index is 12.3. The molecule has 0 fully saturated rings. The highest BCUT2D eigenvalue weighted by Crippen LogP contribution is 2.24. The maximum Gasteiger partial charge on any atom is 0.240 e. The molecule has 0 spiro atoms. The van der Waals surface area contributed by atoms with Crippen molar-refractivity contribution in [2.24, 2.45) is 0 Å². The molecule has 2 aromatic rings. The molecule has 0 saturated heterocycles. The van der Waals surface area contributed by atoms with Gasteiger partial charge in [0.05, 0.1) is 11.4 Å². The van der Waals surface area contributed by atoms with E-state index in [1.165, 1.54) is 5.56 Å². The maximum atomic E-state index is 12.3. The second-order valence-corrected chi connectivity index (χ2v) is 6.97. The van der Waals surface area contributed by atoms with E-state index in [0.29, 0.717) is 0 Å². The van der Waals surface area contributed by atoms with Crippen LogP contribution in [0.5, 0.6) is 5.75 Å². The summed E-state index contributed by atoms with van der Waals surface area (Å²) in [5, 5.41) is 9.09. The van der Waals surface area contributed by atoms with E-state index < -0.39 is 21.2 Å². The molecule has 0 unspecified atom stereocenters. The van der Waals surface area contributed by atoms with Gasteiger partial charge < -0.3 is 9.52 Å². The minimum absolute atomic E-state index is 0.132. The molecular weight excluding hydrogens is 306 g/mol. The zero-order valence-corrected chi connectivity index (χ0v) is 12.5. The van der Waals surface area contributed by atoms with Crippen molar-refractivity contribution in [3.05, 3.63) is 57.6 Å². The summed E-state index contributed by atoms with van der Waals surface area (Å²) in [6, 6.07) is 6.18. The zero-order valence-electron chi connectivity index (χ0n) is 11.7. The summed E-state index contributed by atoms with van der Waals surface area (Å²) in [6.07, 6.45) is 3.82. The number of hydrogen-bond acceptors (Lipinski definition) is 5. The molecule has 1 aliphatic carbocycles. The average molecular weight is 321 g/mol. The van der Waals surface area contributed by atoms with Gasteiger partial charge in [0.15, 0.2) is 5.75 Å². The van der Waals surface area contributed by atoms with E-state index in [-0.39, 0.29) is 17.2 Å². The van der Waals surface area contributed by atoms with E-state index in [4.69, 9.17) is 9.52 Å². The first-order valence-corrected chi connectivity index (χ1v) is 8.36. The highest BCUT2D eigenvalue weighted by molar-refractivity contribution is 7.89. The Kier molecular flexibility index (Phi) is 3.76. The molecule has 1 heterocycles. The Morgan fingerprint density at radius 2 is 1.95 bits per heavy atom. The van der Waals surface area contributed by atoms with Crippen LogP contribution in [0.1, 0.15) is 23.3 Å². The van der Waals surface area contributed by atoms with Gasteiger partial charge in [0.1, 0.15) is 12.0 Å². The van der Waals surface area contributed by atoms with Gasteiger partial charge in [-0.25, -0.2) is 13.1 Å². The zero-order chi connectivity index (χ0) is 15.7. The molecule has 1 aromatic carbocycles. The lowest BCUT2D eigenvalue weighted by Crippen LogP contribution is -2.23. The quantitative estimate of drug-likeness (QED) is 0.885. The van der Waals surface area contributed by atoms with E-state index in [0.717, 1.165) is 37.2 Å². The fraction of sp³-hybridized carbons (Fsp3) is 0.267. The second-order valence-electron chi connectivity index (χ2n) is 5.20. The SMILES string of the molecule is O=c1cc(CNS(=O)(=O)c2ccc3c(c2)CCC3)occ1O. The first-order chi connectivity index (χ1) is 10.5. The third-order valence-corrected chi connectivity index (χ3v) is 5.08. The second kappa shape index (κ2) is 5.58. The smallest absolute Gasteiger partial charge is 0.240 e. The minimum Gasteiger partial charge on any atom is -0.502 e. The third-order valence-electron chi connectivity index (χ3n) is 3.68. The highest BCUT2D eigenvalue weighted by atomic mass is 32.2. The molecule has 22 heavy (non-hydrogen) atoms. The number of rotatable bonds is 4. The van der Waals surface area contributed by atoms with Crippen molar-refractivity contribution in [1.29, 1.82) is 0 Å². The molecule has 116 valence electrons. The number of aromatic hydroxyl groups is 1. The Bertz CT molecular complexity index is 870. The summed E-state index contributed by atoms with van der Waals surface area (Å²) in [6.45, 7) is -0.158. The number of fused-ring (bicyclic) bond motifs is 1. The van der Waals surface area contributed by atoms with Crippen LogP contribution in [0, 0.1) is 0 Å². The molecule has 0 atom stereocenters. The van der Waals surface area contributed by atoms with Gasteiger partial charge >= 0.3 is 0 Å². The molecular formula is C15H15NO5S. The minimum atomic E-state index is -3.68. The predicted molar refractivity (Wildman–Crippen MR) is 79.1 cm³/mol. The molecule has 0 aliphatic heterocycles. The molecule has 0 radical (unpaired) electrons. The topological polar surface area (TPSA) is 96.6 Å². The van der Waals surface area contributed by atoms with Crippen molar-refractivity contribution >= 4 is 10.0 Å². The fourth-order valence-electron chi connectivity index (χ4n) is 2.50. The van der Waals surface area contributed by atoms with Gasteiger partial charge in [-0.2, -0.15) is 0 Å². The molecule has 7 heteroatoms. The van der Waals surface area contributed by atoms with Crippen LogP contribution in [0.3, 0.4) is 0 Å². The Balaban J connectivity index is 1.78. The van der Waals surface area contributed by atoms with Crippen LogP contribution in [0.2, 0.25) is 0 Å². The Labute approximate surface area is 127 Å². The normalized spacial score (nSPS) is 14.0. The van der Waals surface area contributed by atoms with Crippen molar-refractivity contribution in [3.8, 4) is 5.75 Å². The first-order valence-electron chi connectivity index (χ1n) is 6.88. The number of sulfonamides is 1. The lowest BCUT2D eigenvalue weighted by atomic mass is 10.1. The summed E-state index contributed by atoms with van der Waals surface area (Å²) < 4.78 is 31.9. The summed E-state index contributed by atoms with van der Waals surface area (Å²) in [4.78, 5) is 11.5. The highest BCUT2D eigenvalue weighted by Gasteiger charge is 2.18.